The van der Waals surface area contributed by atoms with Gasteiger partial charge in [-0.2, -0.15) is 0 Å². The van der Waals surface area contributed by atoms with E-state index < -0.39 is 22.7 Å². The molecule has 0 bridgehead atoms. The smallest absolute Gasteiger partial charge is 0.301 e. The first-order chi connectivity index (χ1) is 17.2. The molecule has 1 atom stereocenters. The number of nitro groups is 1. The Morgan fingerprint density at radius 1 is 1.03 bits per heavy atom. The molecule has 0 radical (unpaired) electrons. The van der Waals surface area contributed by atoms with Crippen molar-refractivity contribution in [2.24, 2.45) is 0 Å². The molecule has 2 heterocycles. The minimum Gasteiger partial charge on any atom is -0.507 e. The summed E-state index contributed by atoms with van der Waals surface area (Å²) in [6.07, 6.45) is 0. The van der Waals surface area contributed by atoms with Crippen LogP contribution in [0.5, 0.6) is 0 Å². The number of carbonyl (C=O) groups is 2. The number of aliphatic hydroxyl groups is 1. The third-order valence-corrected chi connectivity index (χ3v) is 7.25. The standard InChI is InChI=1S/C27H21N3O5S/c1-14-7-9-16(3)19(11-14)24(31)22-23(17-5-4-6-18(13-17)30(34)35)29(26(33)25(22)32)27-28-20-10-8-15(2)12-21(20)36-27/h4-13,23,31H,1-3H3/b24-22+. The van der Waals surface area contributed by atoms with E-state index in [0.29, 0.717) is 16.6 Å². The van der Waals surface area contributed by atoms with E-state index in [2.05, 4.69) is 4.98 Å². The van der Waals surface area contributed by atoms with Crippen LogP contribution in [0, 0.1) is 30.9 Å². The summed E-state index contributed by atoms with van der Waals surface area (Å²) in [5, 5.41) is 23.2. The fraction of sp³-hybridized carbons (Fsp3) is 0.148. The Labute approximate surface area is 210 Å². The van der Waals surface area contributed by atoms with Gasteiger partial charge in [0.25, 0.3) is 11.5 Å². The van der Waals surface area contributed by atoms with Gasteiger partial charge in [-0.15, -0.1) is 0 Å². The molecule has 8 nitrogen and oxygen atoms in total. The molecule has 0 saturated carbocycles. The van der Waals surface area contributed by atoms with Crippen molar-refractivity contribution in [2.45, 2.75) is 26.8 Å². The van der Waals surface area contributed by atoms with Crippen LogP contribution in [0.2, 0.25) is 0 Å². The van der Waals surface area contributed by atoms with E-state index in [4.69, 9.17) is 0 Å². The zero-order valence-electron chi connectivity index (χ0n) is 19.7. The van der Waals surface area contributed by atoms with Gasteiger partial charge in [0.2, 0.25) is 0 Å². The molecule has 0 aliphatic carbocycles. The molecule has 3 aromatic carbocycles. The van der Waals surface area contributed by atoms with Crippen LogP contribution in [0.15, 0.2) is 66.2 Å². The Balaban J connectivity index is 1.78. The van der Waals surface area contributed by atoms with Crippen molar-refractivity contribution >= 4 is 49.8 Å². The molecule has 1 amide bonds. The summed E-state index contributed by atoms with van der Waals surface area (Å²) in [5.41, 5.74) is 3.69. The summed E-state index contributed by atoms with van der Waals surface area (Å²) in [4.78, 5) is 43.6. The van der Waals surface area contributed by atoms with Gasteiger partial charge < -0.3 is 5.11 Å². The Morgan fingerprint density at radius 2 is 1.75 bits per heavy atom. The first-order valence-electron chi connectivity index (χ1n) is 11.2. The van der Waals surface area contributed by atoms with E-state index in [-0.39, 0.29) is 22.2 Å². The van der Waals surface area contributed by atoms with E-state index in [0.717, 1.165) is 21.4 Å². The quantitative estimate of drug-likeness (QED) is 0.126. The van der Waals surface area contributed by atoms with Crippen molar-refractivity contribution < 1.29 is 19.6 Å². The molecule has 4 aromatic rings. The number of hydrogen-bond donors (Lipinski definition) is 1. The predicted molar refractivity (Wildman–Crippen MR) is 138 cm³/mol. The summed E-state index contributed by atoms with van der Waals surface area (Å²) >= 11 is 1.24. The summed E-state index contributed by atoms with van der Waals surface area (Å²) < 4.78 is 0.833. The maximum atomic E-state index is 13.4. The summed E-state index contributed by atoms with van der Waals surface area (Å²) in [6.45, 7) is 5.59. The number of Topliss-reactive ketones (excluding diaryl/α,β-unsaturated/α-hetero) is 1. The minimum absolute atomic E-state index is 0.135. The molecule has 1 N–H and O–H groups in total. The number of hydrogen-bond acceptors (Lipinski definition) is 7. The van der Waals surface area contributed by atoms with E-state index in [1.54, 1.807) is 19.1 Å². The molecular weight excluding hydrogens is 478 g/mol. The highest BCUT2D eigenvalue weighted by atomic mass is 32.1. The number of ketones is 1. The normalized spacial score (nSPS) is 17.2. The molecule has 1 saturated heterocycles. The number of anilines is 1. The first kappa shape index (κ1) is 23.4. The number of nitrogens with zero attached hydrogens (tertiary/aromatic N) is 3. The lowest BCUT2D eigenvalue weighted by molar-refractivity contribution is -0.384. The third-order valence-electron chi connectivity index (χ3n) is 6.23. The van der Waals surface area contributed by atoms with E-state index >= 15 is 0 Å². The van der Waals surface area contributed by atoms with Crippen LogP contribution in [-0.2, 0) is 9.59 Å². The fourth-order valence-electron chi connectivity index (χ4n) is 4.41. The maximum absolute atomic E-state index is 13.4. The van der Waals surface area contributed by atoms with Crippen LogP contribution in [0.4, 0.5) is 10.8 Å². The number of nitro benzene ring substituents is 1. The highest BCUT2D eigenvalue weighted by Crippen LogP contribution is 2.45. The Morgan fingerprint density at radius 3 is 2.50 bits per heavy atom. The van der Waals surface area contributed by atoms with Crippen LogP contribution in [0.3, 0.4) is 0 Å². The second kappa shape index (κ2) is 8.69. The Hall–Kier alpha value is -4.37. The van der Waals surface area contributed by atoms with E-state index in [1.807, 2.05) is 44.2 Å². The number of amides is 1. The Bertz CT molecular complexity index is 1620. The van der Waals surface area contributed by atoms with Gasteiger partial charge in [0.05, 0.1) is 26.8 Å². The molecule has 36 heavy (non-hydrogen) atoms. The van der Waals surface area contributed by atoms with Gasteiger partial charge in [-0.1, -0.05) is 47.2 Å². The van der Waals surface area contributed by atoms with Gasteiger partial charge in [0.15, 0.2) is 5.13 Å². The zero-order chi connectivity index (χ0) is 25.7. The second-order valence-electron chi connectivity index (χ2n) is 8.81. The third kappa shape index (κ3) is 3.83. The predicted octanol–water partition coefficient (Wildman–Crippen LogP) is 5.76. The van der Waals surface area contributed by atoms with Crippen LogP contribution in [0.1, 0.15) is 33.9 Å². The van der Waals surface area contributed by atoms with Gasteiger partial charge in [0, 0.05) is 17.7 Å². The summed E-state index contributed by atoms with van der Waals surface area (Å²) in [6, 6.07) is 15.8. The second-order valence-corrected chi connectivity index (χ2v) is 9.82. The van der Waals surface area contributed by atoms with E-state index in [1.165, 1.54) is 34.4 Å². The highest BCUT2D eigenvalue weighted by Gasteiger charge is 2.48. The number of rotatable bonds is 4. The van der Waals surface area contributed by atoms with Crippen molar-refractivity contribution in [1.82, 2.24) is 4.98 Å². The van der Waals surface area contributed by atoms with Gasteiger partial charge >= 0.3 is 5.91 Å². The first-order valence-corrected chi connectivity index (χ1v) is 12.0. The average Bonchev–Trinajstić information content (AvgIpc) is 3.38. The number of aromatic nitrogens is 1. The molecule has 9 heteroatoms. The van der Waals surface area contributed by atoms with Crippen LogP contribution in [-0.4, -0.2) is 26.7 Å². The SMILES string of the molecule is Cc1ccc(C)c(/C(O)=C2\C(=O)C(=O)N(c3nc4ccc(C)cc4s3)C2c2cccc([N+](=O)[O-])c2)c1. The molecule has 180 valence electrons. The van der Waals surface area contributed by atoms with Crippen LogP contribution >= 0.6 is 11.3 Å². The van der Waals surface area contributed by atoms with Crippen molar-refractivity contribution in [3.63, 3.8) is 0 Å². The number of non-ortho nitro benzene ring substituents is 1. The number of fused-ring (bicyclic) bond motifs is 1. The van der Waals surface area contributed by atoms with Crippen molar-refractivity contribution in [1.29, 1.82) is 0 Å². The Kier molecular flexibility index (Phi) is 5.64. The lowest BCUT2D eigenvalue weighted by atomic mass is 9.93. The topological polar surface area (TPSA) is 114 Å². The number of benzene rings is 3. The monoisotopic (exact) mass is 499 g/mol. The van der Waals surface area contributed by atoms with Crippen molar-refractivity contribution in [2.75, 3.05) is 4.90 Å². The zero-order valence-corrected chi connectivity index (χ0v) is 20.5. The maximum Gasteiger partial charge on any atom is 0.301 e. The molecule has 0 spiro atoms. The molecule has 1 aliphatic heterocycles. The molecule has 1 aliphatic rings. The number of aliphatic hydroxyl groups excluding tert-OH is 1. The number of aryl methyl sites for hydroxylation is 3. The number of thiazole rings is 1. The van der Waals surface area contributed by atoms with Crippen LogP contribution in [0.25, 0.3) is 16.0 Å². The summed E-state index contributed by atoms with van der Waals surface area (Å²) in [5.74, 6) is -2.06. The molecule has 1 fully saturated rings. The minimum atomic E-state index is -1.09. The molecule has 5 rings (SSSR count). The van der Waals surface area contributed by atoms with Crippen molar-refractivity contribution in [3.05, 3.63) is 104 Å². The average molecular weight is 500 g/mol. The van der Waals surface area contributed by atoms with Gasteiger partial charge in [0.1, 0.15) is 5.76 Å². The van der Waals surface area contributed by atoms with Gasteiger partial charge in [-0.3, -0.25) is 24.6 Å². The molecular formula is C27H21N3O5S. The lowest BCUT2D eigenvalue weighted by Gasteiger charge is -2.23. The largest absolute Gasteiger partial charge is 0.507 e. The fourth-order valence-corrected chi connectivity index (χ4v) is 5.50. The van der Waals surface area contributed by atoms with Gasteiger partial charge in [-0.05, 0) is 55.7 Å². The highest BCUT2D eigenvalue weighted by molar-refractivity contribution is 7.22. The lowest BCUT2D eigenvalue weighted by Crippen LogP contribution is -2.29. The van der Waals surface area contributed by atoms with E-state index in [9.17, 15) is 24.8 Å². The molecule has 1 aromatic heterocycles. The molecule has 1 unspecified atom stereocenters. The summed E-state index contributed by atoms with van der Waals surface area (Å²) in [7, 11) is 0. The van der Waals surface area contributed by atoms with Crippen LogP contribution < -0.4 is 4.90 Å². The van der Waals surface area contributed by atoms with Gasteiger partial charge in [-0.25, -0.2) is 4.98 Å². The number of carbonyl (C=O) groups excluding carboxylic acids is 2. The van der Waals surface area contributed by atoms with Crippen molar-refractivity contribution in [3.8, 4) is 0 Å².